The number of hydrogen-bond donors (Lipinski definition) is 0. The molecule has 4 atom stereocenters. The van der Waals surface area contributed by atoms with Gasteiger partial charge in [0.25, 0.3) is 0 Å². The molecule has 1 aliphatic carbocycles. The first kappa shape index (κ1) is 15.9. The molecular formula is C20H27NO3. The molecule has 0 unspecified atom stereocenters. The van der Waals surface area contributed by atoms with Crippen LogP contribution in [-0.2, 0) is 16.1 Å². The quantitative estimate of drug-likeness (QED) is 0.803. The van der Waals surface area contributed by atoms with E-state index in [4.69, 9.17) is 9.47 Å². The van der Waals surface area contributed by atoms with Gasteiger partial charge >= 0.3 is 0 Å². The van der Waals surface area contributed by atoms with Gasteiger partial charge in [0.1, 0.15) is 5.75 Å². The lowest BCUT2D eigenvalue weighted by Gasteiger charge is -2.33. The average molecular weight is 329 g/mol. The Labute approximate surface area is 144 Å². The van der Waals surface area contributed by atoms with E-state index in [0.29, 0.717) is 30.5 Å². The van der Waals surface area contributed by atoms with Crippen LogP contribution in [0.5, 0.6) is 5.75 Å². The minimum Gasteiger partial charge on any atom is -0.497 e. The molecule has 1 amide bonds. The van der Waals surface area contributed by atoms with Gasteiger partial charge < -0.3 is 14.4 Å². The van der Waals surface area contributed by atoms with Crippen molar-refractivity contribution in [3.05, 3.63) is 29.8 Å². The van der Waals surface area contributed by atoms with E-state index in [0.717, 1.165) is 25.0 Å². The third-order valence-electron chi connectivity index (χ3n) is 6.01. The molecule has 3 aliphatic rings. The molecule has 2 bridgehead atoms. The lowest BCUT2D eigenvalue weighted by Crippen LogP contribution is -2.45. The third-order valence-corrected chi connectivity index (χ3v) is 6.01. The number of fused-ring (bicyclic) bond motifs is 2. The zero-order valence-electron chi connectivity index (χ0n) is 14.6. The summed E-state index contributed by atoms with van der Waals surface area (Å²) in [6, 6.07) is 8.39. The van der Waals surface area contributed by atoms with Crippen LogP contribution in [-0.4, -0.2) is 36.2 Å². The third kappa shape index (κ3) is 3.04. The van der Waals surface area contributed by atoms with E-state index in [1.807, 2.05) is 12.1 Å². The number of nitrogens with zero attached hydrogens (tertiary/aromatic N) is 1. The van der Waals surface area contributed by atoms with Crippen LogP contribution in [0.25, 0.3) is 0 Å². The molecule has 130 valence electrons. The van der Waals surface area contributed by atoms with Crippen molar-refractivity contribution in [2.24, 2.45) is 11.8 Å². The molecule has 1 aromatic rings. The van der Waals surface area contributed by atoms with Gasteiger partial charge in [0.2, 0.25) is 5.91 Å². The predicted octanol–water partition coefficient (Wildman–Crippen LogP) is 3.39. The van der Waals surface area contributed by atoms with Crippen LogP contribution in [0.15, 0.2) is 24.3 Å². The molecule has 1 aromatic carbocycles. The van der Waals surface area contributed by atoms with Crippen LogP contribution in [0, 0.1) is 11.8 Å². The second-order valence-corrected chi connectivity index (χ2v) is 7.61. The first-order valence-electron chi connectivity index (χ1n) is 9.24. The van der Waals surface area contributed by atoms with Crippen molar-refractivity contribution in [1.82, 2.24) is 4.90 Å². The van der Waals surface area contributed by atoms with Gasteiger partial charge in [-0.15, -0.1) is 0 Å². The van der Waals surface area contributed by atoms with Crippen molar-refractivity contribution in [3.8, 4) is 5.75 Å². The smallest absolute Gasteiger partial charge is 0.228 e. The molecule has 3 fully saturated rings. The SMILES string of the molecule is COc1ccc(CN(C(=O)[C@H]2C[C@H]3CC[C@H]2O3)[C@@H](C)C2CC2)cc1. The molecule has 4 rings (SSSR count). The van der Waals surface area contributed by atoms with Crippen molar-refractivity contribution in [1.29, 1.82) is 0 Å². The summed E-state index contributed by atoms with van der Waals surface area (Å²) in [5.41, 5.74) is 1.17. The second-order valence-electron chi connectivity index (χ2n) is 7.61. The van der Waals surface area contributed by atoms with Crippen LogP contribution in [0.3, 0.4) is 0 Å². The van der Waals surface area contributed by atoms with Crippen molar-refractivity contribution in [2.45, 2.75) is 63.8 Å². The second kappa shape index (κ2) is 6.40. The maximum atomic E-state index is 13.3. The van der Waals surface area contributed by atoms with Crippen LogP contribution >= 0.6 is 0 Å². The predicted molar refractivity (Wildman–Crippen MR) is 91.7 cm³/mol. The van der Waals surface area contributed by atoms with E-state index in [-0.39, 0.29) is 12.0 Å². The number of methoxy groups -OCH3 is 1. The molecule has 2 heterocycles. The summed E-state index contributed by atoms with van der Waals surface area (Å²) in [7, 11) is 1.68. The Morgan fingerprint density at radius 2 is 2.00 bits per heavy atom. The standard InChI is InChI=1S/C20H27NO3/c1-13(15-5-6-15)21(12-14-3-7-16(23-2)8-4-14)20(22)18-11-17-9-10-19(18)24-17/h3-4,7-8,13,15,17-19H,5-6,9-12H2,1-2H3/t13-,17+,18-,19+/m0/s1. The summed E-state index contributed by atoms with van der Waals surface area (Å²) < 4.78 is 11.2. The Balaban J connectivity index is 1.51. The fourth-order valence-electron chi connectivity index (χ4n) is 4.29. The molecule has 0 radical (unpaired) electrons. The highest BCUT2D eigenvalue weighted by Gasteiger charge is 2.47. The molecule has 0 N–H and O–H groups in total. The van der Waals surface area contributed by atoms with Gasteiger partial charge in [-0.3, -0.25) is 4.79 Å². The Morgan fingerprint density at radius 3 is 2.54 bits per heavy atom. The molecule has 4 nitrogen and oxygen atoms in total. The van der Waals surface area contributed by atoms with Crippen molar-refractivity contribution in [2.75, 3.05) is 7.11 Å². The monoisotopic (exact) mass is 329 g/mol. The molecule has 0 spiro atoms. The highest BCUT2D eigenvalue weighted by atomic mass is 16.5. The zero-order valence-corrected chi connectivity index (χ0v) is 14.6. The lowest BCUT2D eigenvalue weighted by molar-refractivity contribution is -0.140. The van der Waals surface area contributed by atoms with E-state index in [1.54, 1.807) is 7.11 Å². The fraction of sp³-hybridized carbons (Fsp3) is 0.650. The molecule has 2 aliphatic heterocycles. The molecule has 0 aromatic heterocycles. The number of carbonyl (C=O) groups excluding carboxylic acids is 1. The average Bonchev–Trinajstić information content (AvgIpc) is 3.26. The normalized spacial score (nSPS) is 29.5. The highest BCUT2D eigenvalue weighted by molar-refractivity contribution is 5.80. The molecule has 24 heavy (non-hydrogen) atoms. The lowest BCUT2D eigenvalue weighted by atomic mass is 9.87. The van der Waals surface area contributed by atoms with Crippen LogP contribution in [0.2, 0.25) is 0 Å². The zero-order chi connectivity index (χ0) is 16.7. The first-order chi connectivity index (χ1) is 11.7. The Bertz CT molecular complexity index is 595. The Morgan fingerprint density at radius 1 is 1.25 bits per heavy atom. The summed E-state index contributed by atoms with van der Waals surface area (Å²) in [6.07, 6.45) is 6.08. The summed E-state index contributed by atoms with van der Waals surface area (Å²) in [5, 5.41) is 0. The van der Waals surface area contributed by atoms with Crippen molar-refractivity contribution >= 4 is 5.91 Å². The minimum absolute atomic E-state index is 0.0724. The number of hydrogen-bond acceptors (Lipinski definition) is 3. The number of carbonyl (C=O) groups is 1. The molecule has 2 saturated heterocycles. The largest absolute Gasteiger partial charge is 0.497 e. The van der Waals surface area contributed by atoms with Gasteiger partial charge in [0.05, 0.1) is 25.2 Å². The fourth-order valence-corrected chi connectivity index (χ4v) is 4.29. The Kier molecular flexibility index (Phi) is 4.25. The maximum absolute atomic E-state index is 13.3. The summed E-state index contributed by atoms with van der Waals surface area (Å²) in [6.45, 7) is 2.90. The van der Waals surface area contributed by atoms with Gasteiger partial charge in [-0.1, -0.05) is 12.1 Å². The van der Waals surface area contributed by atoms with Crippen molar-refractivity contribution < 1.29 is 14.3 Å². The van der Waals surface area contributed by atoms with Gasteiger partial charge in [0, 0.05) is 12.6 Å². The van der Waals surface area contributed by atoms with Crippen LogP contribution in [0.4, 0.5) is 0 Å². The number of rotatable bonds is 6. The molecule has 4 heteroatoms. The maximum Gasteiger partial charge on any atom is 0.228 e. The van der Waals surface area contributed by atoms with E-state index >= 15 is 0 Å². The summed E-state index contributed by atoms with van der Waals surface area (Å²) >= 11 is 0. The van der Waals surface area contributed by atoms with E-state index in [1.165, 1.54) is 18.4 Å². The van der Waals surface area contributed by atoms with Gasteiger partial charge in [-0.05, 0) is 62.6 Å². The number of ether oxygens (including phenoxy) is 2. The minimum atomic E-state index is 0.0724. The number of amides is 1. The molecular weight excluding hydrogens is 302 g/mol. The summed E-state index contributed by atoms with van der Waals surface area (Å²) in [4.78, 5) is 15.4. The first-order valence-corrected chi connectivity index (χ1v) is 9.24. The van der Waals surface area contributed by atoms with Crippen LogP contribution < -0.4 is 4.74 Å². The van der Waals surface area contributed by atoms with Gasteiger partial charge in [0.15, 0.2) is 0 Å². The highest BCUT2D eigenvalue weighted by Crippen LogP contribution is 2.42. The van der Waals surface area contributed by atoms with Crippen molar-refractivity contribution in [3.63, 3.8) is 0 Å². The van der Waals surface area contributed by atoms with Gasteiger partial charge in [-0.2, -0.15) is 0 Å². The van der Waals surface area contributed by atoms with E-state index < -0.39 is 0 Å². The number of benzene rings is 1. The van der Waals surface area contributed by atoms with Crippen LogP contribution in [0.1, 0.15) is 44.6 Å². The topological polar surface area (TPSA) is 38.8 Å². The summed E-state index contributed by atoms with van der Waals surface area (Å²) in [5.74, 6) is 1.90. The molecule has 1 saturated carbocycles. The van der Waals surface area contributed by atoms with E-state index in [9.17, 15) is 4.79 Å². The Hall–Kier alpha value is -1.55. The van der Waals surface area contributed by atoms with E-state index in [2.05, 4.69) is 24.0 Å². The van der Waals surface area contributed by atoms with Gasteiger partial charge in [-0.25, -0.2) is 0 Å².